The van der Waals surface area contributed by atoms with Gasteiger partial charge in [0.15, 0.2) is 0 Å². The molecule has 2 N–H and O–H groups in total. The van der Waals surface area contributed by atoms with E-state index in [1.807, 2.05) is 0 Å². The largest absolute Gasteiger partial charge is 0.447 e. The van der Waals surface area contributed by atoms with Gasteiger partial charge in [0, 0.05) is 24.5 Å². The molecule has 0 saturated heterocycles. The zero-order valence-corrected chi connectivity index (χ0v) is 12.6. The number of rotatable bonds is 5. The van der Waals surface area contributed by atoms with Gasteiger partial charge in [-0.1, -0.05) is 0 Å². The van der Waals surface area contributed by atoms with Crippen molar-refractivity contribution in [2.75, 3.05) is 6.54 Å². The molecule has 0 fully saturated rings. The molecule has 0 aliphatic heterocycles. The van der Waals surface area contributed by atoms with Gasteiger partial charge in [-0.25, -0.2) is 4.98 Å². The summed E-state index contributed by atoms with van der Waals surface area (Å²) in [6.45, 7) is -0.0966. The van der Waals surface area contributed by atoms with E-state index in [4.69, 9.17) is 0 Å². The standard InChI is InChI=1S/C13H11F3N2O2S2/c14-13(15,16)22-12-9(2-1-4-17-12)11(20)18-6-10(19)8-3-5-21-7-8/h1-5,7,10,19H,6H2,(H,18,20). The summed E-state index contributed by atoms with van der Waals surface area (Å²) in [5.41, 5.74) is -4.07. The Morgan fingerprint density at radius 3 is 2.86 bits per heavy atom. The molecule has 0 aromatic carbocycles. The average molecular weight is 348 g/mol. The zero-order chi connectivity index (χ0) is 16.2. The summed E-state index contributed by atoms with van der Waals surface area (Å²) in [5, 5.41) is 15.3. The maximum Gasteiger partial charge on any atom is 0.447 e. The molecule has 0 bridgehead atoms. The maximum atomic E-state index is 12.4. The van der Waals surface area contributed by atoms with E-state index in [-0.39, 0.29) is 12.1 Å². The summed E-state index contributed by atoms with van der Waals surface area (Å²) in [5.74, 6) is -0.714. The molecule has 1 unspecified atom stereocenters. The fourth-order valence-corrected chi connectivity index (χ4v) is 2.93. The zero-order valence-electron chi connectivity index (χ0n) is 11.0. The van der Waals surface area contributed by atoms with Crippen LogP contribution in [0, 0.1) is 0 Å². The summed E-state index contributed by atoms with van der Waals surface area (Å²) in [4.78, 5) is 15.6. The SMILES string of the molecule is O=C(NCC(O)c1ccsc1)c1cccnc1SC(F)(F)F. The number of thiophene rings is 1. The first kappa shape index (κ1) is 16.8. The topological polar surface area (TPSA) is 62.2 Å². The van der Waals surface area contributed by atoms with Gasteiger partial charge in [0.1, 0.15) is 5.03 Å². The van der Waals surface area contributed by atoms with Crippen LogP contribution in [0.15, 0.2) is 40.2 Å². The number of pyridine rings is 1. The number of nitrogens with zero attached hydrogens (tertiary/aromatic N) is 1. The van der Waals surface area contributed by atoms with E-state index in [1.165, 1.54) is 29.7 Å². The number of aliphatic hydroxyl groups is 1. The Balaban J connectivity index is 2.03. The van der Waals surface area contributed by atoms with Gasteiger partial charge in [-0.3, -0.25) is 4.79 Å². The molecular weight excluding hydrogens is 337 g/mol. The fourth-order valence-electron chi connectivity index (χ4n) is 1.62. The number of aliphatic hydroxyl groups excluding tert-OH is 1. The number of nitrogens with one attached hydrogen (secondary N) is 1. The van der Waals surface area contributed by atoms with Gasteiger partial charge in [-0.15, -0.1) is 0 Å². The van der Waals surface area contributed by atoms with Crippen LogP contribution in [-0.4, -0.2) is 28.1 Å². The van der Waals surface area contributed by atoms with Crippen molar-refractivity contribution in [2.24, 2.45) is 0 Å². The number of aromatic nitrogens is 1. The number of hydrogen-bond donors (Lipinski definition) is 2. The summed E-state index contributed by atoms with van der Waals surface area (Å²) >= 11 is 0.951. The molecule has 0 aliphatic carbocycles. The normalized spacial score (nSPS) is 12.9. The first-order valence-electron chi connectivity index (χ1n) is 6.06. The highest BCUT2D eigenvalue weighted by atomic mass is 32.2. The smallest absolute Gasteiger partial charge is 0.387 e. The molecule has 9 heteroatoms. The lowest BCUT2D eigenvalue weighted by Crippen LogP contribution is -2.29. The summed E-state index contributed by atoms with van der Waals surface area (Å²) in [7, 11) is 0. The van der Waals surface area contributed by atoms with Crippen molar-refractivity contribution in [1.29, 1.82) is 0 Å². The van der Waals surface area contributed by atoms with E-state index < -0.39 is 34.3 Å². The Bertz CT molecular complexity index is 632. The van der Waals surface area contributed by atoms with Gasteiger partial charge in [0.05, 0.1) is 11.7 Å². The number of halogens is 3. The number of carbonyl (C=O) groups excluding carboxylic acids is 1. The van der Waals surface area contributed by atoms with Gasteiger partial charge < -0.3 is 10.4 Å². The Labute approximate surface area is 132 Å². The van der Waals surface area contributed by atoms with Crippen LogP contribution in [0.1, 0.15) is 22.0 Å². The Morgan fingerprint density at radius 2 is 2.23 bits per heavy atom. The molecule has 2 rings (SSSR count). The van der Waals surface area contributed by atoms with Crippen LogP contribution in [0.25, 0.3) is 0 Å². The highest BCUT2D eigenvalue weighted by Crippen LogP contribution is 2.37. The number of amides is 1. The minimum atomic E-state index is -4.53. The van der Waals surface area contributed by atoms with Crippen LogP contribution in [-0.2, 0) is 0 Å². The van der Waals surface area contributed by atoms with Crippen LogP contribution < -0.4 is 5.32 Å². The molecule has 1 amide bonds. The molecular formula is C13H11F3N2O2S2. The molecule has 2 heterocycles. The Hall–Kier alpha value is -1.58. The molecule has 4 nitrogen and oxygen atoms in total. The number of thioether (sulfide) groups is 1. The summed E-state index contributed by atoms with van der Waals surface area (Å²) < 4.78 is 37.3. The lowest BCUT2D eigenvalue weighted by Gasteiger charge is -2.12. The van der Waals surface area contributed by atoms with E-state index in [9.17, 15) is 23.1 Å². The first-order valence-corrected chi connectivity index (χ1v) is 7.82. The van der Waals surface area contributed by atoms with Crippen molar-refractivity contribution >= 4 is 29.0 Å². The van der Waals surface area contributed by atoms with E-state index >= 15 is 0 Å². The predicted molar refractivity (Wildman–Crippen MR) is 77.8 cm³/mol. The summed E-state index contributed by atoms with van der Waals surface area (Å²) in [6.07, 6.45) is 0.274. The number of alkyl halides is 3. The lowest BCUT2D eigenvalue weighted by atomic mass is 10.2. The second-order valence-corrected chi connectivity index (χ2v) is 6.02. The van der Waals surface area contributed by atoms with Crippen molar-refractivity contribution in [3.05, 3.63) is 46.3 Å². The van der Waals surface area contributed by atoms with Gasteiger partial charge in [0.25, 0.3) is 5.91 Å². The average Bonchev–Trinajstić information content (AvgIpc) is 2.97. The molecule has 1 atom stereocenters. The van der Waals surface area contributed by atoms with Gasteiger partial charge in [-0.05, 0) is 34.5 Å². The van der Waals surface area contributed by atoms with E-state index in [2.05, 4.69) is 10.3 Å². The molecule has 2 aromatic rings. The second-order valence-electron chi connectivity index (χ2n) is 4.19. The van der Waals surface area contributed by atoms with Crippen LogP contribution >= 0.6 is 23.1 Å². The van der Waals surface area contributed by atoms with Crippen molar-refractivity contribution in [3.63, 3.8) is 0 Å². The summed E-state index contributed by atoms with van der Waals surface area (Å²) in [6, 6.07) is 4.34. The molecule has 22 heavy (non-hydrogen) atoms. The van der Waals surface area contributed by atoms with Gasteiger partial charge in [0.2, 0.25) is 0 Å². The monoisotopic (exact) mass is 348 g/mol. The minimum Gasteiger partial charge on any atom is -0.387 e. The van der Waals surface area contributed by atoms with E-state index in [0.717, 1.165) is 0 Å². The fraction of sp³-hybridized carbons (Fsp3) is 0.231. The molecule has 0 radical (unpaired) electrons. The third-order valence-corrected chi connectivity index (χ3v) is 4.06. The quantitative estimate of drug-likeness (QED) is 0.815. The van der Waals surface area contributed by atoms with E-state index in [0.29, 0.717) is 5.56 Å². The van der Waals surface area contributed by atoms with E-state index in [1.54, 1.807) is 16.8 Å². The molecule has 0 aliphatic rings. The van der Waals surface area contributed by atoms with Crippen LogP contribution in [0.2, 0.25) is 0 Å². The Kier molecular flexibility index (Phi) is 5.43. The van der Waals surface area contributed by atoms with Crippen molar-refractivity contribution < 1.29 is 23.1 Å². The molecule has 0 spiro atoms. The minimum absolute atomic E-state index is 0.0966. The van der Waals surface area contributed by atoms with Crippen LogP contribution in [0.3, 0.4) is 0 Å². The third-order valence-electron chi connectivity index (χ3n) is 2.61. The lowest BCUT2D eigenvalue weighted by molar-refractivity contribution is -0.0329. The second kappa shape index (κ2) is 7.12. The van der Waals surface area contributed by atoms with Crippen molar-refractivity contribution in [2.45, 2.75) is 16.6 Å². The predicted octanol–water partition coefficient (Wildman–Crippen LogP) is 3.22. The van der Waals surface area contributed by atoms with Gasteiger partial charge in [-0.2, -0.15) is 24.5 Å². The van der Waals surface area contributed by atoms with Gasteiger partial charge >= 0.3 is 5.51 Å². The molecule has 118 valence electrons. The highest BCUT2D eigenvalue weighted by molar-refractivity contribution is 8.00. The van der Waals surface area contributed by atoms with Crippen LogP contribution in [0.5, 0.6) is 0 Å². The Morgan fingerprint density at radius 1 is 1.45 bits per heavy atom. The first-order chi connectivity index (χ1) is 10.4. The van der Waals surface area contributed by atoms with Crippen LogP contribution in [0.4, 0.5) is 13.2 Å². The highest BCUT2D eigenvalue weighted by Gasteiger charge is 2.32. The maximum absolute atomic E-state index is 12.4. The van der Waals surface area contributed by atoms with Crippen molar-refractivity contribution in [3.8, 4) is 0 Å². The van der Waals surface area contributed by atoms with Crippen molar-refractivity contribution in [1.82, 2.24) is 10.3 Å². The molecule has 0 saturated carbocycles. The number of hydrogen-bond acceptors (Lipinski definition) is 5. The number of carbonyl (C=O) groups is 1. The third kappa shape index (κ3) is 4.72. The molecule has 2 aromatic heterocycles.